The van der Waals surface area contributed by atoms with Crippen molar-refractivity contribution in [2.45, 2.75) is 13.8 Å². The van der Waals surface area contributed by atoms with Gasteiger partial charge in [0.05, 0.1) is 18.5 Å². The van der Waals surface area contributed by atoms with Gasteiger partial charge in [0.2, 0.25) is 0 Å². The molecule has 2 aromatic carbocycles. The number of nitrogens with zero attached hydrogens (tertiary/aromatic N) is 1. The maximum absolute atomic E-state index is 12.7. The lowest BCUT2D eigenvalue weighted by molar-refractivity contribution is 0.102. The largest absolute Gasteiger partial charge is 0.495 e. The van der Waals surface area contributed by atoms with Crippen LogP contribution >= 0.6 is 22.9 Å². The van der Waals surface area contributed by atoms with E-state index in [1.54, 1.807) is 31.2 Å². The fourth-order valence-corrected chi connectivity index (χ4v) is 3.63. The monoisotopic (exact) mass is 430 g/mol. The molecule has 0 aliphatic rings. The number of benzene rings is 2. The fourth-order valence-electron chi connectivity index (χ4n) is 2.60. The number of carbonyl (C=O) groups is 2. The summed E-state index contributed by atoms with van der Waals surface area (Å²) in [5.41, 5.74) is 2.65. The van der Waals surface area contributed by atoms with E-state index in [2.05, 4.69) is 20.9 Å². The van der Waals surface area contributed by atoms with Crippen molar-refractivity contribution in [3.8, 4) is 5.75 Å². The van der Waals surface area contributed by atoms with Crippen LogP contribution in [0.3, 0.4) is 0 Å². The zero-order valence-electron chi connectivity index (χ0n) is 16.0. The molecule has 0 unspecified atom stereocenters. The zero-order chi connectivity index (χ0) is 21.0. The van der Waals surface area contributed by atoms with Crippen molar-refractivity contribution in [2.75, 3.05) is 23.1 Å². The highest BCUT2D eigenvalue weighted by molar-refractivity contribution is 7.17. The van der Waals surface area contributed by atoms with Gasteiger partial charge in [-0.1, -0.05) is 35.1 Å². The summed E-state index contributed by atoms with van der Waals surface area (Å²) in [6, 6.07) is 11.9. The van der Waals surface area contributed by atoms with Crippen LogP contribution in [0, 0.1) is 13.8 Å². The molecule has 3 aromatic rings. The first kappa shape index (κ1) is 20.6. The number of rotatable bonds is 5. The quantitative estimate of drug-likeness (QED) is 0.510. The number of ether oxygens (including phenoxy) is 1. The number of carbonyl (C=O) groups excluding carboxylic acids is 2. The second-order valence-corrected chi connectivity index (χ2v) is 7.62. The number of hydrogen-bond donors (Lipinski definition) is 3. The smallest absolute Gasteiger partial charge is 0.325 e. The van der Waals surface area contributed by atoms with Crippen molar-refractivity contribution in [3.63, 3.8) is 0 Å². The zero-order valence-corrected chi connectivity index (χ0v) is 17.6. The molecule has 1 aromatic heterocycles. The molecule has 150 valence electrons. The van der Waals surface area contributed by atoms with Gasteiger partial charge in [0.15, 0.2) is 5.13 Å². The van der Waals surface area contributed by atoms with Crippen molar-refractivity contribution >= 4 is 51.4 Å². The first-order valence-electron chi connectivity index (χ1n) is 8.62. The number of hydrogen-bond acceptors (Lipinski definition) is 5. The fraction of sp³-hybridized carbons (Fsp3) is 0.150. The highest BCUT2D eigenvalue weighted by Gasteiger charge is 2.18. The molecule has 0 spiro atoms. The van der Waals surface area contributed by atoms with Gasteiger partial charge in [0.1, 0.15) is 10.6 Å². The number of amides is 3. The Morgan fingerprint density at radius 1 is 1.07 bits per heavy atom. The molecule has 0 aliphatic carbocycles. The maximum atomic E-state index is 12.7. The summed E-state index contributed by atoms with van der Waals surface area (Å²) in [4.78, 5) is 29.5. The number of aryl methyl sites for hydroxylation is 2. The van der Waals surface area contributed by atoms with Crippen LogP contribution in [0.25, 0.3) is 0 Å². The lowest BCUT2D eigenvalue weighted by Crippen LogP contribution is -2.19. The van der Waals surface area contributed by atoms with Crippen LogP contribution in [-0.4, -0.2) is 24.0 Å². The number of urea groups is 1. The third kappa shape index (κ3) is 5.24. The van der Waals surface area contributed by atoms with Gasteiger partial charge in [-0.3, -0.25) is 10.1 Å². The molecule has 9 heteroatoms. The lowest BCUT2D eigenvalue weighted by atomic mass is 10.2. The Labute approximate surface area is 177 Å². The number of thiazole rings is 1. The minimum atomic E-state index is -0.437. The summed E-state index contributed by atoms with van der Waals surface area (Å²) in [5, 5.41) is 8.94. The molecule has 3 amide bonds. The summed E-state index contributed by atoms with van der Waals surface area (Å²) in [5.74, 6) is 0.119. The Kier molecular flexibility index (Phi) is 6.36. The van der Waals surface area contributed by atoms with E-state index in [1.165, 1.54) is 7.11 Å². The second kappa shape index (κ2) is 8.93. The summed E-state index contributed by atoms with van der Waals surface area (Å²) in [6.45, 7) is 3.64. The van der Waals surface area contributed by atoms with E-state index < -0.39 is 6.03 Å². The molecule has 3 N–H and O–H groups in total. The molecule has 0 aliphatic heterocycles. The van der Waals surface area contributed by atoms with Crippen LogP contribution < -0.4 is 20.7 Å². The predicted octanol–water partition coefficient (Wildman–Crippen LogP) is 5.32. The van der Waals surface area contributed by atoms with Crippen LogP contribution in [0.4, 0.5) is 21.3 Å². The molecule has 29 heavy (non-hydrogen) atoms. The van der Waals surface area contributed by atoms with E-state index in [-0.39, 0.29) is 5.91 Å². The molecular weight excluding hydrogens is 412 g/mol. The molecule has 1 heterocycles. The first-order valence-corrected chi connectivity index (χ1v) is 9.82. The van der Waals surface area contributed by atoms with Gasteiger partial charge in [-0.15, -0.1) is 0 Å². The normalized spacial score (nSPS) is 10.3. The molecule has 7 nitrogen and oxygen atoms in total. The van der Waals surface area contributed by atoms with Gasteiger partial charge in [-0.2, -0.15) is 0 Å². The number of methoxy groups -OCH3 is 1. The van der Waals surface area contributed by atoms with Crippen molar-refractivity contribution in [1.82, 2.24) is 4.98 Å². The minimum absolute atomic E-state index is 0.316. The summed E-state index contributed by atoms with van der Waals surface area (Å²) < 4.78 is 5.24. The minimum Gasteiger partial charge on any atom is -0.495 e. The van der Waals surface area contributed by atoms with Gasteiger partial charge in [0, 0.05) is 10.7 Å². The molecule has 0 radical (unpaired) electrons. The van der Waals surface area contributed by atoms with E-state index in [4.69, 9.17) is 16.3 Å². The first-order chi connectivity index (χ1) is 13.9. The average molecular weight is 431 g/mol. The van der Waals surface area contributed by atoms with Crippen LogP contribution in [0.15, 0.2) is 42.5 Å². The summed E-state index contributed by atoms with van der Waals surface area (Å²) >= 11 is 7.08. The topological polar surface area (TPSA) is 92.4 Å². The molecule has 0 fully saturated rings. The Balaban J connectivity index is 1.70. The lowest BCUT2D eigenvalue weighted by Gasteiger charge is -2.09. The van der Waals surface area contributed by atoms with E-state index >= 15 is 0 Å². The number of aromatic nitrogens is 1. The van der Waals surface area contributed by atoms with Crippen molar-refractivity contribution in [1.29, 1.82) is 0 Å². The maximum Gasteiger partial charge on any atom is 0.325 e. The van der Waals surface area contributed by atoms with Crippen LogP contribution in [0.5, 0.6) is 5.75 Å². The average Bonchev–Trinajstić information content (AvgIpc) is 3.02. The molecule has 0 saturated carbocycles. The van der Waals surface area contributed by atoms with Crippen molar-refractivity contribution < 1.29 is 14.3 Å². The summed E-state index contributed by atoms with van der Waals surface area (Å²) in [6.07, 6.45) is 0. The molecular formula is C20H19ClN4O3S. The molecule has 0 saturated heterocycles. The van der Waals surface area contributed by atoms with E-state index in [1.807, 2.05) is 25.1 Å². The van der Waals surface area contributed by atoms with E-state index in [0.29, 0.717) is 37.8 Å². The number of nitrogens with one attached hydrogen (secondary N) is 3. The summed E-state index contributed by atoms with van der Waals surface area (Å²) in [7, 11) is 1.51. The van der Waals surface area contributed by atoms with Gasteiger partial charge in [0.25, 0.3) is 5.91 Å². The van der Waals surface area contributed by atoms with Crippen LogP contribution in [0.1, 0.15) is 20.9 Å². The number of halogens is 1. The third-order valence-corrected chi connectivity index (χ3v) is 5.22. The SMILES string of the molecule is COc1ccc(Cl)cc1NC(=O)c1sc(NC(=O)Nc2cccc(C)c2)nc1C. The standard InChI is InChI=1S/C20H19ClN4O3S/c1-11-5-4-6-14(9-11)23-19(27)25-20-22-12(2)17(29-20)18(26)24-15-10-13(21)7-8-16(15)28-3/h4-10H,1-3H3,(H,24,26)(H2,22,23,25,27). The molecule has 3 rings (SSSR count). The van der Waals surface area contributed by atoms with Crippen LogP contribution in [0.2, 0.25) is 5.02 Å². The van der Waals surface area contributed by atoms with Crippen LogP contribution in [-0.2, 0) is 0 Å². The highest BCUT2D eigenvalue weighted by Crippen LogP contribution is 2.30. The van der Waals surface area contributed by atoms with Gasteiger partial charge in [-0.25, -0.2) is 9.78 Å². The van der Waals surface area contributed by atoms with Gasteiger partial charge >= 0.3 is 6.03 Å². The molecule has 0 atom stereocenters. The second-order valence-electron chi connectivity index (χ2n) is 6.18. The Morgan fingerprint density at radius 2 is 1.86 bits per heavy atom. The van der Waals surface area contributed by atoms with Gasteiger partial charge < -0.3 is 15.4 Å². The van der Waals surface area contributed by atoms with E-state index in [0.717, 1.165) is 16.9 Å². The highest BCUT2D eigenvalue weighted by atomic mass is 35.5. The Morgan fingerprint density at radius 3 is 2.59 bits per heavy atom. The Hall–Kier alpha value is -3.10. The van der Waals surface area contributed by atoms with E-state index in [9.17, 15) is 9.59 Å². The third-order valence-electron chi connectivity index (χ3n) is 3.91. The number of anilines is 3. The van der Waals surface area contributed by atoms with Gasteiger partial charge in [-0.05, 0) is 49.7 Å². The van der Waals surface area contributed by atoms with Crippen molar-refractivity contribution in [3.05, 3.63) is 63.6 Å². The molecule has 0 bridgehead atoms. The van der Waals surface area contributed by atoms with Crippen molar-refractivity contribution in [2.24, 2.45) is 0 Å². The Bertz CT molecular complexity index is 1070. The predicted molar refractivity (Wildman–Crippen MR) is 117 cm³/mol.